The van der Waals surface area contributed by atoms with Gasteiger partial charge in [0.1, 0.15) is 60.0 Å². The van der Waals surface area contributed by atoms with Crippen LogP contribution in [0.4, 0.5) is 0 Å². The molecule has 0 aromatic carbocycles. The number of carbonyl (C=O) groups excluding carboxylic acids is 1. The molecule has 0 radical (unpaired) electrons. The van der Waals surface area contributed by atoms with Crippen LogP contribution in [0.3, 0.4) is 0 Å². The van der Waals surface area contributed by atoms with E-state index in [4.69, 9.17) is 28.4 Å². The Bertz CT molecular complexity index is 911. The number of esters is 1. The van der Waals surface area contributed by atoms with E-state index in [9.17, 15) is 50.8 Å². The van der Waals surface area contributed by atoms with Crippen LogP contribution in [0.2, 0.25) is 0 Å². The van der Waals surface area contributed by atoms with Gasteiger partial charge >= 0.3 is 5.97 Å². The monoisotopic (exact) mass is 568 g/mol. The molecule has 3 heterocycles. The first-order valence-electron chi connectivity index (χ1n) is 12.4. The molecule has 0 spiro atoms. The maximum absolute atomic E-state index is 12.2. The van der Waals surface area contributed by atoms with Crippen molar-refractivity contribution in [2.75, 3.05) is 20.3 Å². The van der Waals surface area contributed by atoms with Gasteiger partial charge in [0.05, 0.1) is 38.1 Å². The highest BCUT2D eigenvalue weighted by Crippen LogP contribution is 2.52. The van der Waals surface area contributed by atoms with Crippen molar-refractivity contribution in [3.8, 4) is 0 Å². The van der Waals surface area contributed by atoms with Crippen molar-refractivity contribution in [3.05, 3.63) is 11.8 Å². The molecule has 0 amide bonds. The van der Waals surface area contributed by atoms with Crippen molar-refractivity contribution in [2.24, 2.45) is 5.92 Å². The summed E-state index contributed by atoms with van der Waals surface area (Å²) in [6.07, 6.45) is -16.9. The number of aliphatic hydroxyl groups is 9. The van der Waals surface area contributed by atoms with Crippen molar-refractivity contribution >= 4 is 5.97 Å². The van der Waals surface area contributed by atoms with Crippen LogP contribution in [0, 0.1) is 5.92 Å². The molecule has 0 aromatic rings. The topological polar surface area (TPSA) is 255 Å². The average Bonchev–Trinajstić information content (AvgIpc) is 3.17. The smallest absolute Gasteiger partial charge is 0.339 e. The summed E-state index contributed by atoms with van der Waals surface area (Å²) in [6.45, 7) is 0.124. The average molecular weight is 569 g/mol. The Morgan fingerprint density at radius 3 is 2.10 bits per heavy atom. The minimum atomic E-state index is -1.91. The van der Waals surface area contributed by atoms with Gasteiger partial charge in [-0.15, -0.1) is 0 Å². The number of hydrogen-bond acceptors (Lipinski definition) is 16. The van der Waals surface area contributed by atoms with Crippen molar-refractivity contribution in [3.63, 3.8) is 0 Å². The highest BCUT2D eigenvalue weighted by atomic mass is 16.8. The lowest BCUT2D eigenvalue weighted by Crippen LogP contribution is -2.63. The molecule has 3 aliphatic heterocycles. The van der Waals surface area contributed by atoms with E-state index in [0.29, 0.717) is 0 Å². The molecule has 14 atom stereocenters. The molecule has 1 unspecified atom stereocenters. The molecule has 4 rings (SSSR count). The summed E-state index contributed by atoms with van der Waals surface area (Å²) < 4.78 is 32.1. The molecular formula is C23H36O16. The number of aliphatic hydroxyl groups excluding tert-OH is 7. The molecule has 16 heteroatoms. The molecule has 224 valence electrons. The summed E-state index contributed by atoms with van der Waals surface area (Å²) >= 11 is 0. The van der Waals surface area contributed by atoms with Crippen LogP contribution in [0.25, 0.3) is 0 Å². The molecule has 4 aliphatic rings. The number of rotatable bonds is 7. The van der Waals surface area contributed by atoms with Gasteiger partial charge in [-0.25, -0.2) is 4.79 Å². The zero-order chi connectivity index (χ0) is 28.9. The molecule has 16 nitrogen and oxygen atoms in total. The highest BCUT2D eigenvalue weighted by molar-refractivity contribution is 5.90. The summed E-state index contributed by atoms with van der Waals surface area (Å²) in [4.78, 5) is 12.2. The van der Waals surface area contributed by atoms with Crippen molar-refractivity contribution in [1.29, 1.82) is 0 Å². The summed E-state index contributed by atoms with van der Waals surface area (Å²) in [5, 5.41) is 93.1. The Hall–Kier alpha value is -1.51. The van der Waals surface area contributed by atoms with Crippen molar-refractivity contribution in [2.45, 2.75) is 98.7 Å². The number of hydrogen-bond donors (Lipinski definition) is 9. The van der Waals surface area contributed by atoms with Crippen LogP contribution in [-0.2, 0) is 33.2 Å². The van der Waals surface area contributed by atoms with Crippen molar-refractivity contribution in [1.82, 2.24) is 0 Å². The Labute approximate surface area is 222 Å². The number of carbonyl (C=O) groups is 1. The van der Waals surface area contributed by atoms with E-state index in [1.807, 2.05) is 0 Å². The van der Waals surface area contributed by atoms with Crippen LogP contribution >= 0.6 is 0 Å². The molecule has 1 saturated carbocycles. The molecule has 2 saturated heterocycles. The molecular weight excluding hydrogens is 532 g/mol. The van der Waals surface area contributed by atoms with Crippen LogP contribution in [-0.4, -0.2) is 151 Å². The molecule has 39 heavy (non-hydrogen) atoms. The number of methoxy groups -OCH3 is 1. The van der Waals surface area contributed by atoms with Crippen LogP contribution in [0.15, 0.2) is 11.8 Å². The Morgan fingerprint density at radius 1 is 0.897 bits per heavy atom. The van der Waals surface area contributed by atoms with Crippen LogP contribution < -0.4 is 0 Å². The lowest BCUT2D eigenvalue weighted by atomic mass is 9.77. The Balaban J connectivity index is 1.48. The maximum Gasteiger partial charge on any atom is 0.339 e. The zero-order valence-electron chi connectivity index (χ0n) is 21.2. The van der Waals surface area contributed by atoms with Crippen LogP contribution in [0.5, 0.6) is 0 Å². The fourth-order valence-electron chi connectivity index (χ4n) is 5.54. The Kier molecular flexibility index (Phi) is 8.90. The van der Waals surface area contributed by atoms with E-state index in [0.717, 1.165) is 13.4 Å². The summed E-state index contributed by atoms with van der Waals surface area (Å²) in [6, 6.07) is 0. The second-order valence-electron chi connectivity index (χ2n) is 10.5. The summed E-state index contributed by atoms with van der Waals surface area (Å²) in [5.41, 5.74) is -3.75. The second-order valence-corrected chi connectivity index (χ2v) is 10.5. The quantitative estimate of drug-likeness (QED) is 0.130. The fraction of sp³-hybridized carbons (Fsp3) is 0.870. The van der Waals surface area contributed by atoms with E-state index in [1.165, 1.54) is 6.92 Å². The predicted molar refractivity (Wildman–Crippen MR) is 121 cm³/mol. The first-order valence-corrected chi connectivity index (χ1v) is 12.4. The maximum atomic E-state index is 12.2. The van der Waals surface area contributed by atoms with E-state index in [-0.39, 0.29) is 18.4 Å². The molecule has 9 N–H and O–H groups in total. The zero-order valence-corrected chi connectivity index (χ0v) is 21.2. The molecule has 3 fully saturated rings. The third-order valence-electron chi connectivity index (χ3n) is 7.87. The summed E-state index contributed by atoms with van der Waals surface area (Å²) in [5.74, 6) is -2.13. The van der Waals surface area contributed by atoms with Gasteiger partial charge in [0.25, 0.3) is 0 Å². The standard InChI is InChI=1S/C23H36O16/c1-22(32)3-4-23(33)8(18(31)34-2)6-35-21(17(22)23)39-20-16(30)14(28)12(26)10(38-20)7-36-19-15(29)13(27)11(25)9(5-24)37-19/h6,9-17,19-21,24-30,32-33H,3-5,7H2,1-2H3/t9-,10-,11-,12-,13+,14+,15-,16-,17?,19-,20+,21+,22+,23+/m1/s1. The molecule has 1 aliphatic carbocycles. The van der Waals surface area contributed by atoms with Crippen molar-refractivity contribution < 1.29 is 79.2 Å². The van der Waals surface area contributed by atoms with Gasteiger partial charge in [-0.3, -0.25) is 0 Å². The highest BCUT2D eigenvalue weighted by Gasteiger charge is 2.64. The minimum Gasteiger partial charge on any atom is -0.471 e. The summed E-state index contributed by atoms with van der Waals surface area (Å²) in [7, 11) is 1.11. The predicted octanol–water partition coefficient (Wildman–Crippen LogP) is -5.07. The van der Waals surface area contributed by atoms with Gasteiger partial charge < -0.3 is 74.4 Å². The largest absolute Gasteiger partial charge is 0.471 e. The van der Waals surface area contributed by atoms with E-state index >= 15 is 0 Å². The normalized spacial score (nSPS) is 50.1. The first kappa shape index (κ1) is 30.4. The molecule has 0 aromatic heterocycles. The van der Waals surface area contributed by atoms with Crippen LogP contribution in [0.1, 0.15) is 19.8 Å². The lowest BCUT2D eigenvalue weighted by Gasteiger charge is -2.46. The lowest BCUT2D eigenvalue weighted by molar-refractivity contribution is -0.360. The van der Waals surface area contributed by atoms with Gasteiger partial charge in [-0.2, -0.15) is 0 Å². The first-order chi connectivity index (χ1) is 18.3. The number of ether oxygens (including phenoxy) is 6. The van der Waals surface area contributed by atoms with E-state index in [1.54, 1.807) is 0 Å². The van der Waals surface area contributed by atoms with Gasteiger partial charge in [-0.05, 0) is 19.8 Å². The Morgan fingerprint density at radius 2 is 1.49 bits per heavy atom. The van der Waals surface area contributed by atoms with Gasteiger partial charge in [0.2, 0.25) is 6.29 Å². The number of fused-ring (bicyclic) bond motifs is 1. The van der Waals surface area contributed by atoms with Gasteiger partial charge in [0, 0.05) is 0 Å². The fourth-order valence-corrected chi connectivity index (χ4v) is 5.54. The van der Waals surface area contributed by atoms with E-state index < -0.39 is 104 Å². The third-order valence-corrected chi connectivity index (χ3v) is 7.87. The SMILES string of the molecule is COC(=O)C1=CO[C@@H](O[C@@H]2O[C@H](CO[C@@H]3O[C@H](CO)[C@@H](O)[C@H](O)[C@H]3O)[C@@H](O)[C@H](O)[C@H]2O)C2[C@@](C)(O)CC[C@]12O. The van der Waals surface area contributed by atoms with E-state index in [2.05, 4.69) is 0 Å². The second kappa shape index (κ2) is 11.4. The third kappa shape index (κ3) is 5.42. The van der Waals surface area contributed by atoms with Gasteiger partial charge in [0.15, 0.2) is 12.6 Å². The molecule has 0 bridgehead atoms. The van der Waals surface area contributed by atoms with Gasteiger partial charge in [-0.1, -0.05) is 0 Å². The minimum absolute atomic E-state index is 0.0419.